The quantitative estimate of drug-likeness (QED) is 0.480. The molecule has 2 aromatic rings. The Kier molecular flexibility index (Phi) is 5.74. The van der Waals surface area contributed by atoms with Gasteiger partial charge in [-0.3, -0.25) is 0 Å². The first-order valence-electron chi connectivity index (χ1n) is 7.40. The number of aryl methyl sites for hydroxylation is 1. The summed E-state index contributed by atoms with van der Waals surface area (Å²) in [6.45, 7) is 4.49. The monoisotopic (exact) mass is 312 g/mol. The molecule has 0 saturated heterocycles. The minimum Gasteiger partial charge on any atom is -0.325 e. The second-order valence-electron chi connectivity index (χ2n) is 5.29. The van der Waals surface area contributed by atoms with E-state index in [4.69, 9.17) is 28.2 Å². The number of hydrogen-bond acceptors (Lipinski definition) is 1. The summed E-state index contributed by atoms with van der Waals surface area (Å²) in [5.74, 6) is 1.63. The van der Waals surface area contributed by atoms with Crippen LogP contribution in [0.4, 0.5) is 0 Å². The van der Waals surface area contributed by atoms with E-state index < -0.39 is 0 Å². The van der Waals surface area contributed by atoms with Gasteiger partial charge in [0.2, 0.25) is 0 Å². The lowest BCUT2D eigenvalue weighted by molar-refractivity contribution is 0.474. The molecular weight excluding hydrogens is 291 g/mol. The standard InChI is InChI=1S/C16H22Cl2N2/c1-3-4-5-7-12(2)20-14-9-6-8-13(18)16(14)19-15(20)10-11-17/h6,8-9,12H,3-5,7,10-11H2,1-2H3. The van der Waals surface area contributed by atoms with Crippen molar-refractivity contribution in [1.29, 1.82) is 0 Å². The van der Waals surface area contributed by atoms with E-state index in [0.717, 1.165) is 28.3 Å². The second kappa shape index (κ2) is 7.33. The van der Waals surface area contributed by atoms with E-state index >= 15 is 0 Å². The average molecular weight is 313 g/mol. The lowest BCUT2D eigenvalue weighted by Gasteiger charge is -2.17. The summed E-state index contributed by atoms with van der Waals surface area (Å²) in [6.07, 6.45) is 5.73. The van der Waals surface area contributed by atoms with Gasteiger partial charge in [0.05, 0.1) is 10.5 Å². The van der Waals surface area contributed by atoms with Crippen LogP contribution < -0.4 is 0 Å². The van der Waals surface area contributed by atoms with Crippen LogP contribution >= 0.6 is 23.2 Å². The maximum absolute atomic E-state index is 6.27. The molecule has 1 aromatic carbocycles. The van der Waals surface area contributed by atoms with Gasteiger partial charge < -0.3 is 4.57 Å². The van der Waals surface area contributed by atoms with E-state index in [1.165, 1.54) is 25.7 Å². The smallest absolute Gasteiger partial charge is 0.111 e. The lowest BCUT2D eigenvalue weighted by Crippen LogP contribution is -2.10. The third-order valence-corrected chi connectivity index (χ3v) is 4.22. The Hall–Kier alpha value is -0.730. The van der Waals surface area contributed by atoms with Crippen LogP contribution in [0.5, 0.6) is 0 Å². The molecule has 1 heterocycles. The second-order valence-corrected chi connectivity index (χ2v) is 6.07. The number of hydrogen-bond donors (Lipinski definition) is 0. The molecule has 0 aliphatic rings. The normalized spacial score (nSPS) is 13.0. The van der Waals surface area contributed by atoms with E-state index in [1.807, 2.05) is 12.1 Å². The molecule has 2 nitrogen and oxygen atoms in total. The van der Waals surface area contributed by atoms with E-state index in [0.29, 0.717) is 11.9 Å². The van der Waals surface area contributed by atoms with Crippen LogP contribution in [-0.2, 0) is 6.42 Å². The van der Waals surface area contributed by atoms with Gasteiger partial charge in [0.1, 0.15) is 11.3 Å². The minimum atomic E-state index is 0.434. The first kappa shape index (κ1) is 15.7. The molecule has 1 aromatic heterocycles. The van der Waals surface area contributed by atoms with Crippen LogP contribution in [0, 0.1) is 0 Å². The molecule has 1 unspecified atom stereocenters. The maximum Gasteiger partial charge on any atom is 0.111 e. The fraction of sp³-hybridized carbons (Fsp3) is 0.562. The highest BCUT2D eigenvalue weighted by molar-refractivity contribution is 6.34. The molecule has 110 valence electrons. The van der Waals surface area contributed by atoms with Crippen LogP contribution in [-0.4, -0.2) is 15.4 Å². The minimum absolute atomic E-state index is 0.434. The molecule has 1 atom stereocenters. The first-order valence-corrected chi connectivity index (χ1v) is 8.31. The zero-order valence-electron chi connectivity index (χ0n) is 12.2. The average Bonchev–Trinajstić information content (AvgIpc) is 2.79. The molecule has 0 spiro atoms. The number of halogens is 2. The number of unbranched alkanes of at least 4 members (excludes halogenated alkanes) is 2. The number of para-hydroxylation sites is 1. The molecule has 0 bridgehead atoms. The molecule has 0 saturated carbocycles. The summed E-state index contributed by atoms with van der Waals surface area (Å²) in [5.41, 5.74) is 2.03. The number of aromatic nitrogens is 2. The topological polar surface area (TPSA) is 17.8 Å². The van der Waals surface area contributed by atoms with Gasteiger partial charge >= 0.3 is 0 Å². The predicted octanol–water partition coefficient (Wildman–Crippen LogP) is 5.61. The number of fused-ring (bicyclic) bond motifs is 1. The van der Waals surface area contributed by atoms with Gasteiger partial charge in [0, 0.05) is 18.3 Å². The maximum atomic E-state index is 6.27. The number of alkyl halides is 1. The van der Waals surface area contributed by atoms with Crippen molar-refractivity contribution in [1.82, 2.24) is 9.55 Å². The van der Waals surface area contributed by atoms with Gasteiger partial charge in [-0.2, -0.15) is 0 Å². The highest BCUT2D eigenvalue weighted by atomic mass is 35.5. The summed E-state index contributed by atoms with van der Waals surface area (Å²) < 4.78 is 2.32. The third kappa shape index (κ3) is 3.29. The van der Waals surface area contributed by atoms with E-state index in [9.17, 15) is 0 Å². The zero-order valence-corrected chi connectivity index (χ0v) is 13.7. The highest BCUT2D eigenvalue weighted by Gasteiger charge is 2.16. The van der Waals surface area contributed by atoms with Crippen molar-refractivity contribution in [2.45, 2.75) is 52.0 Å². The van der Waals surface area contributed by atoms with Crippen LogP contribution in [0.3, 0.4) is 0 Å². The summed E-state index contributed by atoms with van der Waals surface area (Å²) >= 11 is 12.2. The van der Waals surface area contributed by atoms with Gasteiger partial charge in [-0.05, 0) is 25.5 Å². The molecule has 0 aliphatic heterocycles. The van der Waals surface area contributed by atoms with Crippen LogP contribution in [0.25, 0.3) is 11.0 Å². The van der Waals surface area contributed by atoms with Crippen molar-refractivity contribution in [2.24, 2.45) is 0 Å². The first-order chi connectivity index (χ1) is 9.69. The number of rotatable bonds is 7. The van der Waals surface area contributed by atoms with Crippen LogP contribution in [0.2, 0.25) is 5.02 Å². The Morgan fingerprint density at radius 1 is 1.30 bits per heavy atom. The summed E-state index contributed by atoms with van der Waals surface area (Å²) in [7, 11) is 0. The van der Waals surface area contributed by atoms with Crippen molar-refractivity contribution in [3.05, 3.63) is 29.0 Å². The Balaban J connectivity index is 2.37. The molecule has 4 heteroatoms. The molecule has 20 heavy (non-hydrogen) atoms. The van der Waals surface area contributed by atoms with Gasteiger partial charge in [-0.25, -0.2) is 4.98 Å². The van der Waals surface area contributed by atoms with E-state index in [2.05, 4.69) is 24.5 Å². The number of nitrogens with zero attached hydrogens (tertiary/aromatic N) is 2. The van der Waals surface area contributed by atoms with Gasteiger partial charge in [-0.15, -0.1) is 11.6 Å². The fourth-order valence-electron chi connectivity index (χ4n) is 2.70. The van der Waals surface area contributed by atoms with Gasteiger partial charge in [0.15, 0.2) is 0 Å². The third-order valence-electron chi connectivity index (χ3n) is 3.73. The lowest BCUT2D eigenvalue weighted by atomic mass is 10.1. The zero-order chi connectivity index (χ0) is 14.5. The molecule has 0 aliphatic carbocycles. The molecule has 0 N–H and O–H groups in total. The van der Waals surface area contributed by atoms with E-state index in [-0.39, 0.29) is 0 Å². The molecular formula is C16H22Cl2N2. The SMILES string of the molecule is CCCCCC(C)n1c(CCCl)nc2c(Cl)cccc21. The van der Waals surface area contributed by atoms with Crippen molar-refractivity contribution >= 4 is 34.2 Å². The Morgan fingerprint density at radius 2 is 2.10 bits per heavy atom. The fourth-order valence-corrected chi connectivity index (χ4v) is 3.08. The molecule has 0 amide bonds. The Morgan fingerprint density at radius 3 is 2.80 bits per heavy atom. The van der Waals surface area contributed by atoms with Crippen molar-refractivity contribution in [2.75, 3.05) is 5.88 Å². The van der Waals surface area contributed by atoms with Gasteiger partial charge in [0.25, 0.3) is 0 Å². The summed E-state index contributed by atoms with van der Waals surface area (Å²) in [4.78, 5) is 4.70. The molecule has 2 rings (SSSR count). The molecule has 0 fully saturated rings. The predicted molar refractivity (Wildman–Crippen MR) is 88.0 cm³/mol. The van der Waals surface area contributed by atoms with E-state index in [1.54, 1.807) is 0 Å². The molecule has 0 radical (unpaired) electrons. The highest BCUT2D eigenvalue weighted by Crippen LogP contribution is 2.29. The number of imidazole rings is 1. The van der Waals surface area contributed by atoms with Crippen molar-refractivity contribution < 1.29 is 0 Å². The van der Waals surface area contributed by atoms with Crippen molar-refractivity contribution in [3.63, 3.8) is 0 Å². The number of benzene rings is 1. The van der Waals surface area contributed by atoms with Crippen LogP contribution in [0.1, 0.15) is 51.4 Å². The summed E-state index contributed by atoms with van der Waals surface area (Å²) in [5, 5.41) is 0.720. The van der Waals surface area contributed by atoms with Crippen LogP contribution in [0.15, 0.2) is 18.2 Å². The Bertz CT molecular complexity index is 563. The van der Waals surface area contributed by atoms with Crippen molar-refractivity contribution in [3.8, 4) is 0 Å². The van der Waals surface area contributed by atoms with Gasteiger partial charge in [-0.1, -0.05) is 43.9 Å². The largest absolute Gasteiger partial charge is 0.325 e. The Labute approximate surface area is 131 Å². The summed E-state index contributed by atoms with van der Waals surface area (Å²) in [6, 6.07) is 6.42.